The number of nitrogens with two attached hydrogens (primary N) is 2. The van der Waals surface area contributed by atoms with E-state index in [1.165, 1.54) is 6.07 Å². The molecule has 1 amide bonds. The van der Waals surface area contributed by atoms with Crippen LogP contribution in [0.1, 0.15) is 12.5 Å². The summed E-state index contributed by atoms with van der Waals surface area (Å²) in [6.45, 7) is 2.90. The van der Waals surface area contributed by atoms with Crippen LogP contribution in [0.3, 0.4) is 0 Å². The Bertz CT molecular complexity index is 1440. The molecule has 182 valence electrons. The fourth-order valence-electron chi connectivity index (χ4n) is 4.72. The van der Waals surface area contributed by atoms with Crippen LogP contribution in [0.25, 0.3) is 11.1 Å². The summed E-state index contributed by atoms with van der Waals surface area (Å²) in [4.78, 5) is 20.5. The van der Waals surface area contributed by atoms with Crippen LogP contribution in [-0.2, 0) is 21.2 Å². The summed E-state index contributed by atoms with van der Waals surface area (Å²) >= 11 is 6.28. The van der Waals surface area contributed by atoms with E-state index in [1.807, 2.05) is 31.2 Å². The summed E-state index contributed by atoms with van der Waals surface area (Å²) in [5.74, 6) is -0.924. The molecule has 0 spiro atoms. The molecule has 5 rings (SSSR count). The van der Waals surface area contributed by atoms with Crippen LogP contribution < -0.4 is 20.7 Å². The number of sulfonamides is 1. The van der Waals surface area contributed by atoms with Crippen LogP contribution in [0.2, 0.25) is 5.02 Å². The molecule has 0 bridgehead atoms. The van der Waals surface area contributed by atoms with Crippen molar-refractivity contribution in [3.63, 3.8) is 0 Å². The highest BCUT2D eigenvalue weighted by Crippen LogP contribution is 2.38. The molecular formula is C24H23ClFN5O3S. The lowest BCUT2D eigenvalue weighted by Crippen LogP contribution is -2.55. The highest BCUT2D eigenvalue weighted by Gasteiger charge is 2.41. The van der Waals surface area contributed by atoms with Crippen molar-refractivity contribution in [2.75, 3.05) is 28.6 Å². The van der Waals surface area contributed by atoms with Crippen LogP contribution in [0.5, 0.6) is 0 Å². The molecule has 1 unspecified atom stereocenters. The Labute approximate surface area is 207 Å². The number of nitrogen functional groups attached to an aromatic ring is 1. The van der Waals surface area contributed by atoms with E-state index < -0.39 is 20.7 Å². The quantitative estimate of drug-likeness (QED) is 0.550. The summed E-state index contributed by atoms with van der Waals surface area (Å²) < 4.78 is 37.8. The normalized spacial score (nSPS) is 17.9. The largest absolute Gasteiger partial charge is 0.384 e. The smallest absolute Gasteiger partial charge is 0.241 e. The minimum absolute atomic E-state index is 0.115. The molecule has 4 N–H and O–H groups in total. The Morgan fingerprint density at radius 3 is 2.49 bits per heavy atom. The first kappa shape index (κ1) is 23.5. The van der Waals surface area contributed by atoms with Crippen molar-refractivity contribution in [3.8, 4) is 11.1 Å². The van der Waals surface area contributed by atoms with Gasteiger partial charge in [-0.05, 0) is 54.8 Å². The standard InChI is InChI=1S/C24H23ClFN5O3S/c1-13-6-15-7-20(26)22(35(28,33)34)9-21(15)31(13)24(32)16-11-30(12-16)17-4-2-14(3-5-17)18-10-29-23(27)8-19(18)25/h2-5,7-10,13,16H,6,11-12H2,1H3,(H2,27,29)(H2,28,33,34). The van der Waals surface area contributed by atoms with Gasteiger partial charge in [-0.3, -0.25) is 4.79 Å². The topological polar surface area (TPSA) is 123 Å². The fourth-order valence-corrected chi connectivity index (χ4v) is 5.60. The maximum atomic E-state index is 14.3. The van der Waals surface area contributed by atoms with Gasteiger partial charge in [-0.15, -0.1) is 0 Å². The van der Waals surface area contributed by atoms with E-state index in [0.29, 0.717) is 41.6 Å². The Morgan fingerprint density at radius 2 is 1.86 bits per heavy atom. The fraction of sp³-hybridized carbons (Fsp3) is 0.250. The van der Waals surface area contributed by atoms with Gasteiger partial charge in [-0.1, -0.05) is 23.7 Å². The molecule has 0 saturated carbocycles. The third-order valence-electron chi connectivity index (χ3n) is 6.54. The molecule has 1 atom stereocenters. The van der Waals surface area contributed by atoms with Crippen molar-refractivity contribution in [2.45, 2.75) is 24.3 Å². The molecular weight excluding hydrogens is 493 g/mol. The number of carbonyl (C=O) groups is 1. The van der Waals surface area contributed by atoms with Gasteiger partial charge in [0, 0.05) is 42.3 Å². The van der Waals surface area contributed by atoms with Crippen LogP contribution >= 0.6 is 11.6 Å². The molecule has 11 heteroatoms. The molecule has 2 aromatic carbocycles. The monoisotopic (exact) mass is 515 g/mol. The van der Waals surface area contributed by atoms with Crippen LogP contribution in [-0.4, -0.2) is 38.4 Å². The first-order valence-corrected chi connectivity index (χ1v) is 12.9. The van der Waals surface area contributed by atoms with Crippen molar-refractivity contribution in [1.82, 2.24) is 4.98 Å². The number of rotatable bonds is 4. The maximum Gasteiger partial charge on any atom is 0.241 e. The first-order valence-electron chi connectivity index (χ1n) is 11.0. The third-order valence-corrected chi connectivity index (χ3v) is 7.78. The number of fused-ring (bicyclic) bond motifs is 1. The molecule has 2 aliphatic rings. The molecule has 0 radical (unpaired) electrons. The number of halogens is 2. The van der Waals surface area contributed by atoms with Gasteiger partial charge in [0.05, 0.1) is 10.9 Å². The molecule has 3 aromatic rings. The van der Waals surface area contributed by atoms with Gasteiger partial charge in [-0.25, -0.2) is 22.9 Å². The number of benzene rings is 2. The van der Waals surface area contributed by atoms with Crippen molar-refractivity contribution in [1.29, 1.82) is 0 Å². The number of amides is 1. The zero-order chi connectivity index (χ0) is 25.1. The van der Waals surface area contributed by atoms with E-state index in [9.17, 15) is 17.6 Å². The lowest BCUT2D eigenvalue weighted by atomic mass is 9.96. The Kier molecular flexibility index (Phi) is 5.70. The van der Waals surface area contributed by atoms with Gasteiger partial charge in [0.15, 0.2) is 0 Å². The van der Waals surface area contributed by atoms with Crippen molar-refractivity contribution >= 4 is 44.7 Å². The Hall–Kier alpha value is -3.21. The van der Waals surface area contributed by atoms with E-state index in [-0.39, 0.29) is 17.9 Å². The van der Waals surface area contributed by atoms with Crippen molar-refractivity contribution < 1.29 is 17.6 Å². The number of hydrogen-bond acceptors (Lipinski definition) is 6. The predicted molar refractivity (Wildman–Crippen MR) is 133 cm³/mol. The number of hydrogen-bond donors (Lipinski definition) is 2. The van der Waals surface area contributed by atoms with Crippen LogP contribution in [0.15, 0.2) is 53.6 Å². The maximum absolute atomic E-state index is 14.3. The minimum Gasteiger partial charge on any atom is -0.384 e. The van der Waals surface area contributed by atoms with Gasteiger partial charge >= 0.3 is 0 Å². The molecule has 0 aliphatic carbocycles. The zero-order valence-corrected chi connectivity index (χ0v) is 20.4. The van der Waals surface area contributed by atoms with E-state index >= 15 is 0 Å². The lowest BCUT2D eigenvalue weighted by Gasteiger charge is -2.42. The van der Waals surface area contributed by atoms with Gasteiger partial charge in [0.25, 0.3) is 0 Å². The second-order valence-corrected chi connectivity index (χ2v) is 10.9. The molecule has 1 aromatic heterocycles. The SMILES string of the molecule is CC1Cc2cc(F)c(S(N)(=O)=O)cc2N1C(=O)C1CN(c2ccc(-c3cnc(N)cc3Cl)cc2)C1. The number of nitrogens with zero attached hydrogens (tertiary/aromatic N) is 3. The molecule has 3 heterocycles. The number of aromatic nitrogens is 1. The summed E-state index contributed by atoms with van der Waals surface area (Å²) in [5.41, 5.74) is 9.31. The van der Waals surface area contributed by atoms with Gasteiger partial charge in [0.1, 0.15) is 16.5 Å². The second kappa shape index (κ2) is 8.47. The van der Waals surface area contributed by atoms with E-state index in [0.717, 1.165) is 22.9 Å². The zero-order valence-electron chi connectivity index (χ0n) is 18.8. The van der Waals surface area contributed by atoms with Gasteiger partial charge in [0.2, 0.25) is 15.9 Å². The summed E-state index contributed by atoms with van der Waals surface area (Å²) in [6.07, 6.45) is 2.08. The molecule has 35 heavy (non-hydrogen) atoms. The number of carbonyl (C=O) groups excluding carboxylic acids is 1. The summed E-state index contributed by atoms with van der Waals surface area (Å²) in [7, 11) is -4.25. The van der Waals surface area contributed by atoms with Gasteiger partial charge in [-0.2, -0.15) is 0 Å². The van der Waals surface area contributed by atoms with E-state index in [1.54, 1.807) is 17.2 Å². The highest BCUT2D eigenvalue weighted by atomic mass is 35.5. The predicted octanol–water partition coefficient (Wildman–Crippen LogP) is 3.18. The third kappa shape index (κ3) is 4.22. The highest BCUT2D eigenvalue weighted by molar-refractivity contribution is 7.89. The van der Waals surface area contributed by atoms with Crippen molar-refractivity contribution in [3.05, 3.63) is 65.1 Å². The van der Waals surface area contributed by atoms with Crippen LogP contribution in [0, 0.1) is 11.7 Å². The summed E-state index contributed by atoms with van der Waals surface area (Å²) in [6, 6.07) is 11.5. The molecule has 2 aliphatic heterocycles. The molecule has 8 nitrogen and oxygen atoms in total. The van der Waals surface area contributed by atoms with Crippen molar-refractivity contribution in [2.24, 2.45) is 11.1 Å². The number of anilines is 3. The van der Waals surface area contributed by atoms with Crippen LogP contribution in [0.4, 0.5) is 21.6 Å². The lowest BCUT2D eigenvalue weighted by molar-refractivity contribution is -0.123. The van der Waals surface area contributed by atoms with E-state index in [4.69, 9.17) is 22.5 Å². The number of primary sulfonamides is 1. The number of pyridine rings is 1. The van der Waals surface area contributed by atoms with Gasteiger partial charge < -0.3 is 15.5 Å². The molecule has 1 saturated heterocycles. The second-order valence-electron chi connectivity index (χ2n) is 8.96. The first-order chi connectivity index (χ1) is 16.5. The molecule has 1 fully saturated rings. The minimum atomic E-state index is -4.25. The Balaban J connectivity index is 1.30. The average Bonchev–Trinajstić information content (AvgIpc) is 3.06. The summed E-state index contributed by atoms with van der Waals surface area (Å²) in [5, 5.41) is 5.67. The Morgan fingerprint density at radius 1 is 1.17 bits per heavy atom. The van der Waals surface area contributed by atoms with E-state index in [2.05, 4.69) is 9.88 Å². The average molecular weight is 516 g/mol.